The van der Waals surface area contributed by atoms with Gasteiger partial charge in [-0.05, 0) is 65.6 Å². The van der Waals surface area contributed by atoms with Gasteiger partial charge in [0.15, 0.2) is 0 Å². The van der Waals surface area contributed by atoms with Crippen LogP contribution in [0.15, 0.2) is 16.6 Å². The fourth-order valence-corrected chi connectivity index (χ4v) is 3.32. The van der Waals surface area contributed by atoms with Crippen LogP contribution in [-0.2, 0) is 0 Å². The normalized spacial score (nSPS) is 17.7. The van der Waals surface area contributed by atoms with Crippen LogP contribution in [0.25, 0.3) is 0 Å². The molecule has 0 bridgehead atoms. The topological polar surface area (TPSA) is 47.6 Å². The highest BCUT2D eigenvalue weighted by Gasteiger charge is 2.42. The van der Waals surface area contributed by atoms with Gasteiger partial charge in [-0.2, -0.15) is 0 Å². The molecule has 0 heterocycles. The molecule has 0 radical (unpaired) electrons. The van der Waals surface area contributed by atoms with Gasteiger partial charge in [0.05, 0.1) is 14.2 Å². The predicted molar refractivity (Wildman–Crippen MR) is 83.9 cm³/mol. The van der Waals surface area contributed by atoms with Crippen LogP contribution in [0, 0.1) is 11.8 Å². The molecule has 2 aliphatic rings. The minimum absolute atomic E-state index is 0.0390. The smallest absolute Gasteiger partial charge is 0.251 e. The molecule has 0 aromatic heterocycles. The van der Waals surface area contributed by atoms with Gasteiger partial charge >= 0.3 is 0 Å². The quantitative estimate of drug-likeness (QED) is 0.852. The molecule has 5 heteroatoms. The van der Waals surface area contributed by atoms with Crippen molar-refractivity contribution in [3.05, 3.63) is 22.2 Å². The van der Waals surface area contributed by atoms with Gasteiger partial charge in [0.2, 0.25) is 0 Å². The molecule has 0 unspecified atom stereocenters. The Bertz CT molecular complexity index is 515. The summed E-state index contributed by atoms with van der Waals surface area (Å²) in [6, 6.07) is 3.84. The molecule has 0 atom stereocenters. The highest BCUT2D eigenvalue weighted by molar-refractivity contribution is 9.10. The molecule has 2 fully saturated rings. The molecule has 0 aliphatic heterocycles. The first-order chi connectivity index (χ1) is 10.1. The van der Waals surface area contributed by atoms with E-state index < -0.39 is 0 Å². The van der Waals surface area contributed by atoms with Crippen LogP contribution in [0.3, 0.4) is 0 Å². The van der Waals surface area contributed by atoms with E-state index in [1.807, 2.05) is 0 Å². The van der Waals surface area contributed by atoms with E-state index in [1.54, 1.807) is 26.4 Å². The lowest BCUT2D eigenvalue weighted by Crippen LogP contribution is -2.38. The molecule has 2 aliphatic carbocycles. The van der Waals surface area contributed by atoms with Crippen LogP contribution in [0.2, 0.25) is 0 Å². The van der Waals surface area contributed by atoms with Gasteiger partial charge in [0.1, 0.15) is 16.0 Å². The van der Waals surface area contributed by atoms with E-state index in [0.717, 1.165) is 4.47 Å². The van der Waals surface area contributed by atoms with E-state index >= 15 is 0 Å². The molecular weight excluding hydrogens is 334 g/mol. The molecule has 21 heavy (non-hydrogen) atoms. The number of nitrogens with one attached hydrogen (secondary N) is 1. The zero-order valence-corrected chi connectivity index (χ0v) is 13.9. The van der Waals surface area contributed by atoms with Crippen LogP contribution in [0.1, 0.15) is 36.0 Å². The predicted octanol–water partition coefficient (Wildman–Crippen LogP) is 3.38. The number of carbonyl (C=O) groups excluding carboxylic acids is 1. The van der Waals surface area contributed by atoms with Gasteiger partial charge in [0, 0.05) is 11.6 Å². The molecule has 3 rings (SSSR count). The number of benzene rings is 1. The van der Waals surface area contributed by atoms with Crippen LogP contribution in [-0.4, -0.2) is 26.2 Å². The number of hydrogen-bond donors (Lipinski definition) is 1. The van der Waals surface area contributed by atoms with Crippen molar-refractivity contribution < 1.29 is 14.3 Å². The van der Waals surface area contributed by atoms with Crippen molar-refractivity contribution in [3.63, 3.8) is 0 Å². The van der Waals surface area contributed by atoms with Crippen molar-refractivity contribution in [1.82, 2.24) is 5.32 Å². The molecule has 4 nitrogen and oxygen atoms in total. The molecule has 1 N–H and O–H groups in total. The Morgan fingerprint density at radius 2 is 1.62 bits per heavy atom. The number of halogens is 1. The third kappa shape index (κ3) is 3.18. The molecule has 1 aromatic carbocycles. The summed E-state index contributed by atoms with van der Waals surface area (Å²) in [5, 5.41) is 3.21. The number of ether oxygens (including phenoxy) is 2. The molecule has 2 saturated carbocycles. The number of rotatable bonds is 6. The largest absolute Gasteiger partial charge is 0.495 e. The fourth-order valence-electron chi connectivity index (χ4n) is 2.77. The van der Waals surface area contributed by atoms with Gasteiger partial charge in [-0.25, -0.2) is 0 Å². The summed E-state index contributed by atoms with van der Waals surface area (Å²) in [5.74, 6) is 2.53. The van der Waals surface area contributed by atoms with Gasteiger partial charge in [-0.1, -0.05) is 0 Å². The highest BCUT2D eigenvalue weighted by Crippen LogP contribution is 2.44. The molecule has 1 amide bonds. The number of methoxy groups -OCH3 is 2. The van der Waals surface area contributed by atoms with Crippen LogP contribution in [0.5, 0.6) is 11.5 Å². The Hall–Kier alpha value is -1.23. The summed E-state index contributed by atoms with van der Waals surface area (Å²) in [5.41, 5.74) is 0.582. The van der Waals surface area contributed by atoms with Crippen LogP contribution in [0.4, 0.5) is 0 Å². The highest BCUT2D eigenvalue weighted by atomic mass is 79.9. The number of amides is 1. The summed E-state index contributed by atoms with van der Waals surface area (Å²) >= 11 is 3.42. The summed E-state index contributed by atoms with van der Waals surface area (Å²) in [6.07, 6.45) is 4.98. The van der Waals surface area contributed by atoms with Gasteiger partial charge in [0.25, 0.3) is 5.91 Å². The summed E-state index contributed by atoms with van der Waals surface area (Å²) < 4.78 is 11.3. The average Bonchev–Trinajstić information content (AvgIpc) is 3.38. The second-order valence-corrected chi connectivity index (χ2v) is 6.66. The molecule has 0 spiro atoms. The van der Waals surface area contributed by atoms with Crippen LogP contribution < -0.4 is 14.8 Å². The molecule has 0 saturated heterocycles. The average molecular weight is 354 g/mol. The van der Waals surface area contributed by atoms with Crippen molar-refractivity contribution >= 4 is 21.8 Å². The van der Waals surface area contributed by atoms with Crippen molar-refractivity contribution in [1.29, 1.82) is 0 Å². The first-order valence-electron chi connectivity index (χ1n) is 7.36. The summed E-state index contributed by atoms with van der Waals surface area (Å²) in [4.78, 5) is 12.5. The minimum Gasteiger partial charge on any atom is -0.495 e. The Morgan fingerprint density at radius 1 is 1.14 bits per heavy atom. The van der Waals surface area contributed by atoms with Gasteiger partial charge in [-0.3, -0.25) is 4.79 Å². The van der Waals surface area contributed by atoms with Crippen molar-refractivity contribution in [2.75, 3.05) is 14.2 Å². The summed E-state index contributed by atoms with van der Waals surface area (Å²) in [6.45, 7) is 0. The second kappa shape index (κ2) is 5.87. The Kier molecular flexibility index (Phi) is 4.11. The third-order valence-electron chi connectivity index (χ3n) is 4.27. The lowest BCUT2D eigenvalue weighted by molar-refractivity contribution is 0.0925. The van der Waals surface area contributed by atoms with Crippen molar-refractivity contribution in [2.24, 2.45) is 11.8 Å². The van der Waals surface area contributed by atoms with E-state index in [2.05, 4.69) is 21.2 Å². The van der Waals surface area contributed by atoms with Crippen LogP contribution >= 0.6 is 15.9 Å². The number of hydrogen-bond acceptors (Lipinski definition) is 3. The minimum atomic E-state index is -0.0390. The van der Waals surface area contributed by atoms with E-state index in [4.69, 9.17) is 9.47 Å². The zero-order chi connectivity index (χ0) is 15.0. The van der Waals surface area contributed by atoms with E-state index in [1.165, 1.54) is 25.7 Å². The maximum absolute atomic E-state index is 12.5. The lowest BCUT2D eigenvalue weighted by Gasteiger charge is -2.18. The first-order valence-corrected chi connectivity index (χ1v) is 8.15. The van der Waals surface area contributed by atoms with E-state index in [0.29, 0.717) is 34.9 Å². The van der Waals surface area contributed by atoms with E-state index in [-0.39, 0.29) is 5.91 Å². The Labute approximate surface area is 133 Å². The maximum Gasteiger partial charge on any atom is 0.251 e. The standard InChI is InChI=1S/C16H20BrNO3/c1-20-12-7-11(8-13(21-2)14(12)17)16(19)18-15(9-3-4-9)10-5-6-10/h7-10,15H,3-6H2,1-2H3,(H,18,19). The number of carbonyl (C=O) groups is 1. The lowest BCUT2D eigenvalue weighted by atomic mass is 10.1. The zero-order valence-electron chi connectivity index (χ0n) is 12.3. The van der Waals surface area contributed by atoms with Crippen molar-refractivity contribution in [2.45, 2.75) is 31.7 Å². The third-order valence-corrected chi connectivity index (χ3v) is 5.05. The van der Waals surface area contributed by atoms with Gasteiger partial charge in [-0.15, -0.1) is 0 Å². The Morgan fingerprint density at radius 3 is 2.00 bits per heavy atom. The van der Waals surface area contributed by atoms with Crippen molar-refractivity contribution in [3.8, 4) is 11.5 Å². The van der Waals surface area contributed by atoms with Gasteiger partial charge < -0.3 is 14.8 Å². The van der Waals surface area contributed by atoms with E-state index in [9.17, 15) is 4.79 Å². The molecule has 1 aromatic rings. The summed E-state index contributed by atoms with van der Waals surface area (Å²) in [7, 11) is 3.16. The monoisotopic (exact) mass is 353 g/mol. The molecule has 114 valence electrons. The first kappa shape index (κ1) is 14.7. The SMILES string of the molecule is COc1cc(C(=O)NC(C2CC2)C2CC2)cc(OC)c1Br. The maximum atomic E-state index is 12.5. The Balaban J connectivity index is 1.79. The fraction of sp³-hybridized carbons (Fsp3) is 0.562. The second-order valence-electron chi connectivity index (χ2n) is 5.87. The molecular formula is C16H20BrNO3.